The van der Waals surface area contributed by atoms with Gasteiger partial charge in [-0.1, -0.05) is 19.8 Å². The van der Waals surface area contributed by atoms with Gasteiger partial charge in [0, 0.05) is 12.1 Å². The Balaban J connectivity index is 2.03. The van der Waals surface area contributed by atoms with Crippen molar-refractivity contribution in [3.8, 4) is 0 Å². The van der Waals surface area contributed by atoms with E-state index in [4.69, 9.17) is 0 Å². The zero-order valence-electron chi connectivity index (χ0n) is 11.1. The van der Waals surface area contributed by atoms with Crippen LogP contribution in [-0.2, 0) is 0 Å². The Hall–Kier alpha value is -1.43. The molecule has 1 aliphatic rings. The molecule has 1 N–H and O–H groups in total. The first-order valence-corrected chi connectivity index (χ1v) is 7.34. The van der Waals surface area contributed by atoms with Crippen LogP contribution >= 0.6 is 11.3 Å². The fraction of sp³-hybridized carbons (Fsp3) is 0.615. The Kier molecular flexibility index (Phi) is 4.19. The van der Waals surface area contributed by atoms with Crippen LogP contribution in [0.3, 0.4) is 0 Å². The second-order valence-corrected chi connectivity index (χ2v) is 6.51. The van der Waals surface area contributed by atoms with Gasteiger partial charge in [0.15, 0.2) is 0 Å². The zero-order chi connectivity index (χ0) is 14.0. The van der Waals surface area contributed by atoms with E-state index in [2.05, 4.69) is 12.2 Å². The molecule has 0 bridgehead atoms. The Bertz CT molecular complexity index is 498. The molecule has 104 valence electrons. The number of aryl methyl sites for hydroxylation is 1. The van der Waals surface area contributed by atoms with Gasteiger partial charge in [-0.15, -0.1) is 11.3 Å². The zero-order valence-corrected chi connectivity index (χ0v) is 12.0. The van der Waals surface area contributed by atoms with E-state index in [0.29, 0.717) is 15.7 Å². The van der Waals surface area contributed by atoms with Crippen LogP contribution in [0.1, 0.15) is 47.2 Å². The summed E-state index contributed by atoms with van der Waals surface area (Å²) < 4.78 is 0. The van der Waals surface area contributed by atoms with Crippen LogP contribution in [0.4, 0.5) is 5.69 Å². The average Bonchev–Trinajstić information content (AvgIpc) is 2.71. The Morgan fingerprint density at radius 3 is 2.84 bits per heavy atom. The Labute approximate surface area is 116 Å². The molecule has 0 aliphatic heterocycles. The average molecular weight is 282 g/mol. The van der Waals surface area contributed by atoms with E-state index >= 15 is 0 Å². The minimum absolute atomic E-state index is 0.0344. The van der Waals surface area contributed by atoms with Gasteiger partial charge in [0.25, 0.3) is 11.6 Å². The minimum Gasteiger partial charge on any atom is -0.349 e. The SMILES string of the molecule is Cc1sc(C(=O)NC2CCCC(C)C2)cc1[N+](=O)[O-]. The van der Waals surface area contributed by atoms with Crippen molar-refractivity contribution in [2.75, 3.05) is 0 Å². The number of carbonyl (C=O) groups is 1. The van der Waals surface area contributed by atoms with Gasteiger partial charge in [-0.05, 0) is 25.7 Å². The normalized spacial score (nSPS) is 23.1. The smallest absolute Gasteiger partial charge is 0.283 e. The lowest BCUT2D eigenvalue weighted by atomic mass is 9.87. The van der Waals surface area contributed by atoms with Crippen LogP contribution in [-0.4, -0.2) is 16.9 Å². The molecule has 0 spiro atoms. The molecule has 0 saturated heterocycles. The molecule has 1 aliphatic carbocycles. The molecule has 6 heteroatoms. The number of nitrogens with one attached hydrogen (secondary N) is 1. The van der Waals surface area contributed by atoms with E-state index in [0.717, 1.165) is 19.3 Å². The lowest BCUT2D eigenvalue weighted by Crippen LogP contribution is -2.37. The highest BCUT2D eigenvalue weighted by Gasteiger charge is 2.24. The molecule has 0 aromatic carbocycles. The van der Waals surface area contributed by atoms with Crippen molar-refractivity contribution >= 4 is 22.9 Å². The summed E-state index contributed by atoms with van der Waals surface area (Å²) in [6.45, 7) is 3.86. The number of nitrogens with zero attached hydrogens (tertiary/aromatic N) is 1. The van der Waals surface area contributed by atoms with Gasteiger partial charge in [0.1, 0.15) is 0 Å². The fourth-order valence-electron chi connectivity index (χ4n) is 2.59. The van der Waals surface area contributed by atoms with Crippen molar-refractivity contribution in [3.63, 3.8) is 0 Å². The Morgan fingerprint density at radius 1 is 1.53 bits per heavy atom. The van der Waals surface area contributed by atoms with Gasteiger partial charge < -0.3 is 5.32 Å². The maximum Gasteiger partial charge on any atom is 0.283 e. The number of nitro groups is 1. The number of carbonyl (C=O) groups excluding carboxylic acids is 1. The number of rotatable bonds is 3. The van der Waals surface area contributed by atoms with Crippen LogP contribution in [0.5, 0.6) is 0 Å². The molecule has 2 atom stereocenters. The molecule has 5 nitrogen and oxygen atoms in total. The van der Waals surface area contributed by atoms with E-state index in [1.54, 1.807) is 6.92 Å². The third kappa shape index (κ3) is 3.32. The molecule has 0 radical (unpaired) electrons. The van der Waals surface area contributed by atoms with Crippen molar-refractivity contribution < 1.29 is 9.72 Å². The number of hydrogen-bond acceptors (Lipinski definition) is 4. The standard InChI is InChI=1S/C13H18N2O3S/c1-8-4-3-5-10(6-8)14-13(16)12-7-11(15(17)18)9(2)19-12/h7-8,10H,3-6H2,1-2H3,(H,14,16). The van der Waals surface area contributed by atoms with Crippen LogP contribution in [0.2, 0.25) is 0 Å². The largest absolute Gasteiger partial charge is 0.349 e. The van der Waals surface area contributed by atoms with Crippen molar-refractivity contribution in [2.45, 2.75) is 45.6 Å². The third-order valence-electron chi connectivity index (χ3n) is 3.58. The first kappa shape index (κ1) is 14.0. The molecular weight excluding hydrogens is 264 g/mol. The number of hydrogen-bond donors (Lipinski definition) is 1. The predicted molar refractivity (Wildman–Crippen MR) is 74.6 cm³/mol. The van der Waals surface area contributed by atoms with Crippen molar-refractivity contribution in [1.82, 2.24) is 5.32 Å². The predicted octanol–water partition coefficient (Wildman–Crippen LogP) is 3.27. The highest BCUT2D eigenvalue weighted by Crippen LogP contribution is 2.29. The van der Waals surface area contributed by atoms with Gasteiger partial charge in [-0.2, -0.15) is 0 Å². The first-order chi connectivity index (χ1) is 8.97. The molecular formula is C13H18N2O3S. The van der Waals surface area contributed by atoms with Gasteiger partial charge >= 0.3 is 0 Å². The summed E-state index contributed by atoms with van der Waals surface area (Å²) in [4.78, 5) is 23.4. The first-order valence-electron chi connectivity index (χ1n) is 6.53. The van der Waals surface area contributed by atoms with Gasteiger partial charge in [0.2, 0.25) is 0 Å². The summed E-state index contributed by atoms with van der Waals surface area (Å²) in [5.74, 6) is 0.457. The quantitative estimate of drug-likeness (QED) is 0.683. The third-order valence-corrected chi connectivity index (χ3v) is 4.62. The van der Waals surface area contributed by atoms with E-state index < -0.39 is 4.92 Å². The van der Waals surface area contributed by atoms with Crippen molar-refractivity contribution in [3.05, 3.63) is 25.9 Å². The highest BCUT2D eigenvalue weighted by atomic mass is 32.1. The molecule has 1 heterocycles. The summed E-state index contributed by atoms with van der Waals surface area (Å²) >= 11 is 1.19. The summed E-state index contributed by atoms with van der Waals surface area (Å²) in [6, 6.07) is 1.58. The van der Waals surface area contributed by atoms with Gasteiger partial charge in [-0.3, -0.25) is 14.9 Å². The van der Waals surface area contributed by atoms with Gasteiger partial charge in [0.05, 0.1) is 14.7 Å². The maximum atomic E-state index is 12.1. The lowest BCUT2D eigenvalue weighted by Gasteiger charge is -2.27. The van der Waals surface area contributed by atoms with Gasteiger partial charge in [-0.25, -0.2) is 0 Å². The molecule has 1 saturated carbocycles. The molecule has 2 unspecified atom stereocenters. The number of thiophene rings is 1. The van der Waals surface area contributed by atoms with E-state index in [1.807, 2.05) is 0 Å². The molecule has 2 rings (SSSR count). The van der Waals surface area contributed by atoms with E-state index in [1.165, 1.54) is 23.8 Å². The van der Waals surface area contributed by atoms with Crippen LogP contribution < -0.4 is 5.32 Å². The molecule has 1 aromatic rings. The van der Waals surface area contributed by atoms with Crippen molar-refractivity contribution in [1.29, 1.82) is 0 Å². The highest BCUT2D eigenvalue weighted by molar-refractivity contribution is 7.14. The molecule has 1 amide bonds. The fourth-order valence-corrected chi connectivity index (χ4v) is 3.48. The van der Waals surface area contributed by atoms with Crippen LogP contribution in [0.15, 0.2) is 6.07 Å². The minimum atomic E-state index is -0.439. The Morgan fingerprint density at radius 2 is 2.26 bits per heavy atom. The second kappa shape index (κ2) is 5.69. The second-order valence-electron chi connectivity index (χ2n) is 5.25. The van der Waals surface area contributed by atoms with E-state index in [9.17, 15) is 14.9 Å². The lowest BCUT2D eigenvalue weighted by molar-refractivity contribution is -0.385. The summed E-state index contributed by atoms with van der Waals surface area (Å²) in [5.41, 5.74) is 0.0344. The van der Waals surface area contributed by atoms with Crippen LogP contribution in [0.25, 0.3) is 0 Å². The topological polar surface area (TPSA) is 72.2 Å². The van der Waals surface area contributed by atoms with E-state index in [-0.39, 0.29) is 17.6 Å². The monoisotopic (exact) mass is 282 g/mol. The molecule has 19 heavy (non-hydrogen) atoms. The molecule has 1 aromatic heterocycles. The number of amides is 1. The summed E-state index contributed by atoms with van der Waals surface area (Å²) in [6.07, 6.45) is 4.35. The maximum absolute atomic E-state index is 12.1. The van der Waals surface area contributed by atoms with Crippen LogP contribution in [0, 0.1) is 23.0 Å². The molecule has 1 fully saturated rings. The summed E-state index contributed by atoms with van der Waals surface area (Å²) in [7, 11) is 0. The summed E-state index contributed by atoms with van der Waals surface area (Å²) in [5, 5.41) is 13.8. The van der Waals surface area contributed by atoms with Crippen molar-refractivity contribution in [2.24, 2.45) is 5.92 Å².